The SMILES string of the molecule is CC[C@@H]1CN(C(=O)[C@@H]2CNCCO2)C[C@H](C)O1. The zero-order chi connectivity index (χ0) is 12.3. The number of carbonyl (C=O) groups is 1. The summed E-state index contributed by atoms with van der Waals surface area (Å²) in [6, 6.07) is 0. The van der Waals surface area contributed by atoms with Gasteiger partial charge in [-0.05, 0) is 13.3 Å². The molecule has 2 aliphatic rings. The molecule has 0 unspecified atom stereocenters. The van der Waals surface area contributed by atoms with Crippen molar-refractivity contribution in [1.82, 2.24) is 10.2 Å². The van der Waals surface area contributed by atoms with Crippen molar-refractivity contribution in [2.75, 3.05) is 32.8 Å². The third-order valence-electron chi connectivity index (χ3n) is 3.30. The summed E-state index contributed by atoms with van der Waals surface area (Å²) in [6.45, 7) is 7.55. The van der Waals surface area contributed by atoms with Crippen LogP contribution >= 0.6 is 0 Å². The van der Waals surface area contributed by atoms with Crippen LogP contribution in [-0.2, 0) is 14.3 Å². The molecule has 0 bridgehead atoms. The van der Waals surface area contributed by atoms with Crippen LogP contribution in [0.4, 0.5) is 0 Å². The predicted octanol–water partition coefficient (Wildman–Crippen LogP) is 0.000700. The van der Waals surface area contributed by atoms with Crippen molar-refractivity contribution in [2.24, 2.45) is 0 Å². The third-order valence-corrected chi connectivity index (χ3v) is 3.30. The van der Waals surface area contributed by atoms with E-state index in [1.165, 1.54) is 0 Å². The first-order chi connectivity index (χ1) is 8.20. The van der Waals surface area contributed by atoms with E-state index in [-0.39, 0.29) is 24.2 Å². The molecule has 2 heterocycles. The Balaban J connectivity index is 1.93. The van der Waals surface area contributed by atoms with E-state index >= 15 is 0 Å². The molecular weight excluding hydrogens is 220 g/mol. The first-order valence-corrected chi connectivity index (χ1v) is 6.47. The van der Waals surface area contributed by atoms with Crippen molar-refractivity contribution in [1.29, 1.82) is 0 Å². The molecule has 5 nitrogen and oxygen atoms in total. The Morgan fingerprint density at radius 3 is 2.94 bits per heavy atom. The van der Waals surface area contributed by atoms with E-state index in [1.54, 1.807) is 0 Å². The summed E-state index contributed by atoms with van der Waals surface area (Å²) >= 11 is 0. The Labute approximate surface area is 102 Å². The number of morpholine rings is 2. The lowest BCUT2D eigenvalue weighted by atomic mass is 10.1. The highest BCUT2D eigenvalue weighted by molar-refractivity contribution is 5.81. The minimum Gasteiger partial charge on any atom is -0.372 e. The fraction of sp³-hybridized carbons (Fsp3) is 0.917. The summed E-state index contributed by atoms with van der Waals surface area (Å²) in [5.74, 6) is 0.103. The van der Waals surface area contributed by atoms with Gasteiger partial charge in [0.25, 0.3) is 5.91 Å². The number of amides is 1. The lowest BCUT2D eigenvalue weighted by molar-refractivity contribution is -0.157. The van der Waals surface area contributed by atoms with Gasteiger partial charge in [-0.2, -0.15) is 0 Å². The van der Waals surface area contributed by atoms with E-state index < -0.39 is 0 Å². The van der Waals surface area contributed by atoms with Gasteiger partial charge in [0.1, 0.15) is 6.10 Å². The highest BCUT2D eigenvalue weighted by Crippen LogP contribution is 2.15. The largest absolute Gasteiger partial charge is 0.372 e. The molecule has 0 spiro atoms. The Morgan fingerprint density at radius 1 is 1.47 bits per heavy atom. The molecule has 1 N–H and O–H groups in total. The maximum Gasteiger partial charge on any atom is 0.253 e. The number of nitrogens with zero attached hydrogens (tertiary/aromatic N) is 1. The number of ether oxygens (including phenoxy) is 2. The van der Waals surface area contributed by atoms with Crippen molar-refractivity contribution in [3.63, 3.8) is 0 Å². The minimum absolute atomic E-state index is 0.103. The summed E-state index contributed by atoms with van der Waals surface area (Å²) in [4.78, 5) is 14.2. The van der Waals surface area contributed by atoms with Gasteiger partial charge in [0.2, 0.25) is 0 Å². The fourth-order valence-electron chi connectivity index (χ4n) is 2.38. The second kappa shape index (κ2) is 5.80. The summed E-state index contributed by atoms with van der Waals surface area (Å²) in [6.07, 6.45) is 0.915. The molecule has 0 saturated carbocycles. The van der Waals surface area contributed by atoms with Crippen LogP contribution in [0.25, 0.3) is 0 Å². The molecule has 3 atom stereocenters. The van der Waals surface area contributed by atoms with E-state index in [4.69, 9.17) is 9.47 Å². The first-order valence-electron chi connectivity index (χ1n) is 6.47. The molecule has 0 aromatic heterocycles. The number of hydrogen-bond donors (Lipinski definition) is 1. The zero-order valence-corrected chi connectivity index (χ0v) is 10.6. The number of carbonyl (C=O) groups excluding carboxylic acids is 1. The van der Waals surface area contributed by atoms with E-state index in [1.807, 2.05) is 11.8 Å². The first kappa shape index (κ1) is 12.8. The van der Waals surface area contributed by atoms with Crippen molar-refractivity contribution in [2.45, 2.75) is 38.6 Å². The molecule has 5 heteroatoms. The highest BCUT2D eigenvalue weighted by atomic mass is 16.5. The van der Waals surface area contributed by atoms with Gasteiger partial charge in [-0.3, -0.25) is 4.79 Å². The standard InChI is InChI=1S/C12H22N2O3/c1-3-10-8-14(7-9(2)17-10)12(15)11-6-13-4-5-16-11/h9-11,13H,3-8H2,1-2H3/t9-,10+,11-/m0/s1. The van der Waals surface area contributed by atoms with E-state index in [2.05, 4.69) is 12.2 Å². The van der Waals surface area contributed by atoms with Crippen molar-refractivity contribution in [3.8, 4) is 0 Å². The molecule has 2 saturated heterocycles. The third kappa shape index (κ3) is 3.18. The Kier molecular flexibility index (Phi) is 4.36. The summed E-state index contributed by atoms with van der Waals surface area (Å²) in [5, 5.41) is 3.19. The molecule has 1 amide bonds. The van der Waals surface area contributed by atoms with E-state index in [0.29, 0.717) is 26.2 Å². The van der Waals surface area contributed by atoms with Crippen LogP contribution < -0.4 is 5.32 Å². The molecule has 0 aliphatic carbocycles. The molecule has 0 radical (unpaired) electrons. The molecule has 2 fully saturated rings. The van der Waals surface area contributed by atoms with Crippen LogP contribution in [0.1, 0.15) is 20.3 Å². The van der Waals surface area contributed by atoms with Crippen LogP contribution in [0.15, 0.2) is 0 Å². The molecule has 0 aromatic carbocycles. The monoisotopic (exact) mass is 242 g/mol. The van der Waals surface area contributed by atoms with Crippen LogP contribution in [0.5, 0.6) is 0 Å². The molecule has 2 aliphatic heterocycles. The van der Waals surface area contributed by atoms with Crippen LogP contribution in [0, 0.1) is 0 Å². The van der Waals surface area contributed by atoms with E-state index in [0.717, 1.165) is 13.0 Å². The maximum absolute atomic E-state index is 12.3. The van der Waals surface area contributed by atoms with Gasteiger partial charge < -0.3 is 19.7 Å². The lowest BCUT2D eigenvalue weighted by Crippen LogP contribution is -2.55. The maximum atomic E-state index is 12.3. The number of nitrogens with one attached hydrogen (secondary N) is 1. The molecule has 0 aromatic rings. The Morgan fingerprint density at radius 2 is 2.29 bits per heavy atom. The predicted molar refractivity (Wildman–Crippen MR) is 63.8 cm³/mol. The molecule has 17 heavy (non-hydrogen) atoms. The second-order valence-electron chi connectivity index (χ2n) is 4.78. The topological polar surface area (TPSA) is 50.8 Å². The smallest absolute Gasteiger partial charge is 0.253 e. The summed E-state index contributed by atoms with van der Waals surface area (Å²) < 4.78 is 11.3. The van der Waals surface area contributed by atoms with Crippen molar-refractivity contribution < 1.29 is 14.3 Å². The second-order valence-corrected chi connectivity index (χ2v) is 4.78. The van der Waals surface area contributed by atoms with Gasteiger partial charge in [-0.1, -0.05) is 6.92 Å². The molecular formula is C12H22N2O3. The fourth-order valence-corrected chi connectivity index (χ4v) is 2.38. The number of rotatable bonds is 2. The highest BCUT2D eigenvalue weighted by Gasteiger charge is 2.32. The van der Waals surface area contributed by atoms with Gasteiger partial charge in [0.15, 0.2) is 0 Å². The summed E-state index contributed by atoms with van der Waals surface area (Å²) in [7, 11) is 0. The molecule has 2 rings (SSSR count). The van der Waals surface area contributed by atoms with Crippen LogP contribution in [0.2, 0.25) is 0 Å². The normalized spacial score (nSPS) is 34.7. The minimum atomic E-state index is -0.313. The average molecular weight is 242 g/mol. The van der Waals surface area contributed by atoms with Gasteiger partial charge in [-0.15, -0.1) is 0 Å². The van der Waals surface area contributed by atoms with Gasteiger partial charge in [0.05, 0.1) is 18.8 Å². The van der Waals surface area contributed by atoms with Gasteiger partial charge in [0, 0.05) is 26.2 Å². The number of hydrogen-bond acceptors (Lipinski definition) is 4. The quantitative estimate of drug-likeness (QED) is 0.740. The van der Waals surface area contributed by atoms with E-state index in [9.17, 15) is 4.79 Å². The zero-order valence-electron chi connectivity index (χ0n) is 10.6. The van der Waals surface area contributed by atoms with Gasteiger partial charge >= 0.3 is 0 Å². The molecule has 98 valence electrons. The van der Waals surface area contributed by atoms with Crippen LogP contribution in [0.3, 0.4) is 0 Å². The van der Waals surface area contributed by atoms with Crippen LogP contribution in [-0.4, -0.2) is 61.9 Å². The van der Waals surface area contributed by atoms with Crippen molar-refractivity contribution >= 4 is 5.91 Å². The van der Waals surface area contributed by atoms with Gasteiger partial charge in [-0.25, -0.2) is 0 Å². The Hall–Kier alpha value is -0.650. The van der Waals surface area contributed by atoms with Crippen molar-refractivity contribution in [3.05, 3.63) is 0 Å². The summed E-state index contributed by atoms with van der Waals surface area (Å²) in [5.41, 5.74) is 0. The lowest BCUT2D eigenvalue weighted by Gasteiger charge is -2.38. The average Bonchev–Trinajstić information content (AvgIpc) is 2.38. The Bertz CT molecular complexity index is 266.